The van der Waals surface area contributed by atoms with Gasteiger partial charge in [-0.2, -0.15) is 22.0 Å². The van der Waals surface area contributed by atoms with Crippen LogP contribution in [0.15, 0.2) is 140 Å². The van der Waals surface area contributed by atoms with E-state index in [1.807, 2.05) is 0 Å². The first-order chi connectivity index (χ1) is 24.8. The van der Waals surface area contributed by atoms with E-state index in [0.29, 0.717) is 0 Å². The summed E-state index contributed by atoms with van der Waals surface area (Å²) in [5.41, 5.74) is 0. The summed E-state index contributed by atoms with van der Waals surface area (Å²) in [7, 11) is 0. The summed E-state index contributed by atoms with van der Waals surface area (Å²) >= 11 is 0. The first-order valence-corrected chi connectivity index (χ1v) is 11.8. The molecule has 0 aliphatic carbocycles. The van der Waals surface area contributed by atoms with E-state index in [-0.39, 0.29) is 0 Å². The van der Waals surface area contributed by atoms with E-state index in [1.165, 1.54) is 0 Å². The minimum Gasteiger partial charge on any atom is -0.212 e. The average molecular weight is 864 g/mol. The Kier molecular flexibility index (Phi) is 17.2. The molecule has 0 bridgehead atoms. The molecule has 0 radical (unpaired) electrons. The zero-order chi connectivity index (χ0) is 44.0. The quantitative estimate of drug-likeness (QED) is 0.135. The van der Waals surface area contributed by atoms with E-state index in [2.05, 4.69) is 0 Å². The van der Waals surface area contributed by atoms with Gasteiger partial charge in [-0.1, -0.05) is 0 Å². The van der Waals surface area contributed by atoms with Crippen LogP contribution in [0.1, 0.15) is 0 Å². The summed E-state index contributed by atoms with van der Waals surface area (Å²) in [5.74, 6) is -99.7. The number of hydrogen-bond donors (Lipinski definition) is 0. The second-order valence-electron chi connectivity index (χ2n) is 8.44. The van der Waals surface area contributed by atoms with E-state index in [4.69, 9.17) is 0 Å². The SMILES string of the molecule is F/C=C(F)/C(F)=C(F)/C(F)=C(F)/C(F)=C(F)/C(F)=C(F)/C(F)=C(F)/C(F)=C(F)/C(F)=C(F)/C(F)=C(F)/C(F)=C(F)/C(F)=C(F)/C(F)=C(\F)C(F)(F)C(F)(F)F. The van der Waals surface area contributed by atoms with Gasteiger partial charge in [0.15, 0.2) is 17.5 Å². The van der Waals surface area contributed by atoms with Crippen molar-refractivity contribution in [3.8, 4) is 0 Å². The molecule has 0 heterocycles. The van der Waals surface area contributed by atoms with Crippen molar-refractivity contribution in [2.24, 2.45) is 0 Å². The molecule has 55 heavy (non-hydrogen) atoms. The van der Waals surface area contributed by atoms with Crippen molar-refractivity contribution < 1.29 is 127 Å². The van der Waals surface area contributed by atoms with Crippen LogP contribution in [0, 0.1) is 0 Å². The zero-order valence-corrected chi connectivity index (χ0v) is 24.0. The fraction of sp³-hybridized carbons (Fsp3) is 0.0769. The maximum atomic E-state index is 13.7. The summed E-state index contributed by atoms with van der Waals surface area (Å²) in [6.45, 7) is 0. The Hall–Kier alpha value is -5.15. The van der Waals surface area contributed by atoms with Crippen molar-refractivity contribution in [1.82, 2.24) is 0 Å². The third-order valence-corrected chi connectivity index (χ3v) is 4.98. The number of allylic oxidation sites excluding steroid dienone is 23. The van der Waals surface area contributed by atoms with Crippen LogP contribution >= 0.6 is 0 Å². The first-order valence-electron chi connectivity index (χ1n) is 11.8. The molecule has 0 unspecified atom stereocenters. The Morgan fingerprint density at radius 3 is 0.527 bits per heavy atom. The molecule has 0 amide bonds. The van der Waals surface area contributed by atoms with Gasteiger partial charge in [0.2, 0.25) is 117 Å². The van der Waals surface area contributed by atoms with E-state index < -0.39 is 152 Å². The number of hydrogen-bond acceptors (Lipinski definition) is 0. The fourth-order valence-corrected chi connectivity index (χ4v) is 2.34. The lowest BCUT2D eigenvalue weighted by molar-refractivity contribution is -0.271. The molecule has 0 fully saturated rings. The molecule has 0 spiro atoms. The highest BCUT2D eigenvalue weighted by Crippen LogP contribution is 2.46. The highest BCUT2D eigenvalue weighted by Gasteiger charge is 2.63. The molecule has 0 rings (SSSR count). The Labute approximate surface area is 280 Å². The van der Waals surface area contributed by atoms with Crippen LogP contribution in [0.2, 0.25) is 0 Å². The highest BCUT2D eigenvalue weighted by molar-refractivity contribution is 5.47. The second kappa shape index (κ2) is 18.9. The van der Waals surface area contributed by atoms with Gasteiger partial charge in [0.25, 0.3) is 0 Å². The molecule has 29 heteroatoms. The highest BCUT2D eigenvalue weighted by atomic mass is 19.4. The summed E-state index contributed by atoms with van der Waals surface area (Å²) in [5, 5.41) is 0. The van der Waals surface area contributed by atoms with Crippen molar-refractivity contribution in [2.75, 3.05) is 0 Å². The van der Waals surface area contributed by atoms with Crippen LogP contribution in [0.25, 0.3) is 0 Å². The van der Waals surface area contributed by atoms with Crippen molar-refractivity contribution >= 4 is 0 Å². The molecular formula is C26HF29. The predicted molar refractivity (Wildman–Crippen MR) is 123 cm³/mol. The molecular weight excluding hydrogens is 863 g/mol. The van der Waals surface area contributed by atoms with E-state index in [0.717, 1.165) is 0 Å². The van der Waals surface area contributed by atoms with Crippen molar-refractivity contribution in [3.05, 3.63) is 140 Å². The largest absolute Gasteiger partial charge is 0.460 e. The minimum absolute atomic E-state index is 1.47. The number of halogens is 29. The summed E-state index contributed by atoms with van der Waals surface area (Å²) in [4.78, 5) is 0. The number of alkyl halides is 5. The molecule has 0 atom stereocenters. The molecule has 0 N–H and O–H groups in total. The van der Waals surface area contributed by atoms with Crippen LogP contribution in [0.4, 0.5) is 127 Å². The minimum atomic E-state index is -7.13. The first kappa shape index (κ1) is 49.9. The van der Waals surface area contributed by atoms with E-state index in [9.17, 15) is 127 Å². The lowest BCUT2D eigenvalue weighted by Gasteiger charge is -2.17. The molecule has 0 saturated carbocycles. The topological polar surface area (TPSA) is 0 Å². The summed E-state index contributed by atoms with van der Waals surface area (Å²) < 4.78 is 383. The molecule has 0 aliphatic rings. The van der Waals surface area contributed by atoms with Crippen LogP contribution in [-0.2, 0) is 0 Å². The zero-order valence-electron chi connectivity index (χ0n) is 24.0. The van der Waals surface area contributed by atoms with Gasteiger partial charge in [0.05, 0.1) is 0 Å². The maximum absolute atomic E-state index is 13.7. The third kappa shape index (κ3) is 10.8. The number of rotatable bonds is 12. The molecule has 0 aromatic carbocycles. The maximum Gasteiger partial charge on any atom is 0.460 e. The van der Waals surface area contributed by atoms with Crippen molar-refractivity contribution in [2.45, 2.75) is 12.1 Å². The lowest BCUT2D eigenvalue weighted by atomic mass is 10.2. The van der Waals surface area contributed by atoms with Gasteiger partial charge in [0.1, 0.15) is 6.33 Å². The van der Waals surface area contributed by atoms with Crippen molar-refractivity contribution in [1.29, 1.82) is 0 Å². The second-order valence-corrected chi connectivity index (χ2v) is 8.44. The normalized spacial score (nSPS) is 18.7. The molecule has 0 aliphatic heterocycles. The van der Waals surface area contributed by atoms with Gasteiger partial charge in [-0.25, -0.2) is 105 Å². The van der Waals surface area contributed by atoms with Gasteiger partial charge in [-0.15, -0.1) is 0 Å². The predicted octanol–water partition coefficient (Wildman–Crippen LogP) is 15.6. The van der Waals surface area contributed by atoms with E-state index in [1.54, 1.807) is 0 Å². The Morgan fingerprint density at radius 2 is 0.382 bits per heavy atom. The van der Waals surface area contributed by atoms with Crippen LogP contribution in [0.5, 0.6) is 0 Å². The molecule has 0 nitrogen and oxygen atoms in total. The van der Waals surface area contributed by atoms with Crippen LogP contribution in [0.3, 0.4) is 0 Å². The average Bonchev–Trinajstić information content (AvgIpc) is 3.15. The van der Waals surface area contributed by atoms with E-state index >= 15 is 0 Å². The Bertz CT molecular complexity index is 1960. The standard InChI is InChI=1S/C26HF29/c27-1-2(28)3(29)4(30)5(31)6(32)7(33)8(34)9(35)10(36)11(37)12(38)13(39)14(40)15(41)16(42)17(43)18(44)19(45)20(46)21(47)22(48)23(49)24(50)25(51,52)26(53,54)55/h1H/b2-1-,4-3+,6-5+,8-7+,10-9+,12-11+,14-13+,16-15+,18-17+,20-19+,22-21+,24-23+. The molecule has 0 saturated heterocycles. The van der Waals surface area contributed by atoms with Gasteiger partial charge in [-0.05, 0) is 0 Å². The van der Waals surface area contributed by atoms with Gasteiger partial charge < -0.3 is 0 Å². The fourth-order valence-electron chi connectivity index (χ4n) is 2.34. The summed E-state index contributed by atoms with van der Waals surface area (Å²) in [6.07, 6.45) is -8.61. The Balaban J connectivity index is 7.31. The molecule has 0 aromatic rings. The van der Waals surface area contributed by atoms with Gasteiger partial charge >= 0.3 is 12.1 Å². The van der Waals surface area contributed by atoms with Crippen LogP contribution < -0.4 is 0 Å². The smallest absolute Gasteiger partial charge is 0.212 e. The molecule has 0 aromatic heterocycles. The Morgan fingerprint density at radius 1 is 0.236 bits per heavy atom. The van der Waals surface area contributed by atoms with Gasteiger partial charge in [-0.3, -0.25) is 0 Å². The monoisotopic (exact) mass is 864 g/mol. The van der Waals surface area contributed by atoms with Crippen molar-refractivity contribution in [3.63, 3.8) is 0 Å². The van der Waals surface area contributed by atoms with Crippen LogP contribution in [-0.4, -0.2) is 12.1 Å². The third-order valence-electron chi connectivity index (χ3n) is 4.98. The lowest BCUT2D eigenvalue weighted by Crippen LogP contribution is -2.37. The summed E-state index contributed by atoms with van der Waals surface area (Å²) in [6, 6.07) is 0. The molecule has 308 valence electrons. The van der Waals surface area contributed by atoms with Gasteiger partial charge in [0, 0.05) is 0 Å².